The van der Waals surface area contributed by atoms with Gasteiger partial charge in [0.2, 0.25) is 0 Å². The Morgan fingerprint density at radius 2 is 1.61 bits per heavy atom. The summed E-state index contributed by atoms with van der Waals surface area (Å²) in [6.45, 7) is 3.51. The van der Waals surface area contributed by atoms with Crippen LogP contribution in [0.25, 0.3) is 16.7 Å². The van der Waals surface area contributed by atoms with Gasteiger partial charge in [-0.25, -0.2) is 9.67 Å². The van der Waals surface area contributed by atoms with Crippen LogP contribution >= 0.6 is 0 Å². The Morgan fingerprint density at radius 3 is 2.25 bits per heavy atom. The molecule has 4 aromatic rings. The van der Waals surface area contributed by atoms with Crippen LogP contribution in [-0.4, -0.2) is 25.8 Å². The minimum atomic E-state index is -0.994. The molecule has 0 saturated heterocycles. The van der Waals surface area contributed by atoms with Crippen molar-refractivity contribution in [2.45, 2.75) is 19.8 Å². The van der Waals surface area contributed by atoms with Crippen LogP contribution in [0.1, 0.15) is 30.9 Å². The standard InChI is InChI=1S/C23H21N3O2/c1-23(2,22(27)28)20(16-9-5-3-6-10-16)17-13-18-15-25-26(21(18)24-14-17)19-11-7-4-8-12-19/h3-15,20H,1-2H3,(H,27,28). The van der Waals surface area contributed by atoms with E-state index in [1.54, 1.807) is 30.9 Å². The first-order chi connectivity index (χ1) is 13.5. The van der Waals surface area contributed by atoms with Crippen LogP contribution in [0.4, 0.5) is 0 Å². The van der Waals surface area contributed by atoms with Gasteiger partial charge >= 0.3 is 5.97 Å². The molecule has 0 aliphatic heterocycles. The molecule has 5 nitrogen and oxygen atoms in total. The first kappa shape index (κ1) is 17.9. The van der Waals surface area contributed by atoms with Crippen LogP contribution in [0.15, 0.2) is 79.1 Å². The summed E-state index contributed by atoms with van der Waals surface area (Å²) in [7, 11) is 0. The number of aliphatic carboxylic acids is 1. The summed E-state index contributed by atoms with van der Waals surface area (Å²) in [4.78, 5) is 16.7. The molecule has 2 aromatic carbocycles. The number of aromatic nitrogens is 3. The summed E-state index contributed by atoms with van der Waals surface area (Å²) in [5.74, 6) is -1.18. The number of carbonyl (C=O) groups is 1. The Morgan fingerprint density at radius 1 is 0.964 bits per heavy atom. The molecule has 2 heterocycles. The van der Waals surface area contributed by atoms with Crippen molar-refractivity contribution in [2.75, 3.05) is 0 Å². The minimum absolute atomic E-state index is 0.330. The predicted molar refractivity (Wildman–Crippen MR) is 109 cm³/mol. The zero-order valence-corrected chi connectivity index (χ0v) is 15.8. The monoisotopic (exact) mass is 371 g/mol. The first-order valence-corrected chi connectivity index (χ1v) is 9.16. The lowest BCUT2D eigenvalue weighted by atomic mass is 9.71. The van der Waals surface area contributed by atoms with Crippen molar-refractivity contribution >= 4 is 17.0 Å². The van der Waals surface area contributed by atoms with E-state index in [4.69, 9.17) is 0 Å². The van der Waals surface area contributed by atoms with Gasteiger partial charge in [-0.3, -0.25) is 4.79 Å². The van der Waals surface area contributed by atoms with E-state index in [0.717, 1.165) is 27.8 Å². The van der Waals surface area contributed by atoms with E-state index in [1.165, 1.54) is 0 Å². The molecule has 28 heavy (non-hydrogen) atoms. The van der Waals surface area contributed by atoms with Gasteiger partial charge < -0.3 is 5.11 Å². The Labute approximate surface area is 163 Å². The third kappa shape index (κ3) is 3.05. The maximum Gasteiger partial charge on any atom is 0.310 e. The Kier molecular flexibility index (Phi) is 4.43. The van der Waals surface area contributed by atoms with E-state index in [0.29, 0.717) is 0 Å². The largest absolute Gasteiger partial charge is 0.481 e. The molecule has 5 heteroatoms. The van der Waals surface area contributed by atoms with E-state index in [-0.39, 0.29) is 5.92 Å². The van der Waals surface area contributed by atoms with Crippen molar-refractivity contribution in [1.29, 1.82) is 0 Å². The average Bonchev–Trinajstić information content (AvgIpc) is 3.13. The summed E-state index contributed by atoms with van der Waals surface area (Å²) < 4.78 is 1.79. The van der Waals surface area contributed by atoms with Crippen molar-refractivity contribution in [2.24, 2.45) is 5.41 Å². The zero-order chi connectivity index (χ0) is 19.7. The van der Waals surface area contributed by atoms with Crippen LogP contribution in [-0.2, 0) is 4.79 Å². The van der Waals surface area contributed by atoms with E-state index < -0.39 is 11.4 Å². The van der Waals surface area contributed by atoms with Crippen LogP contribution in [0.2, 0.25) is 0 Å². The number of rotatable bonds is 5. The second-order valence-corrected chi connectivity index (χ2v) is 7.44. The van der Waals surface area contributed by atoms with Crippen LogP contribution < -0.4 is 0 Å². The third-order valence-electron chi connectivity index (χ3n) is 5.17. The Hall–Kier alpha value is -3.47. The molecule has 4 rings (SSSR count). The zero-order valence-electron chi connectivity index (χ0n) is 15.8. The molecule has 1 N–H and O–H groups in total. The summed E-state index contributed by atoms with van der Waals surface area (Å²) in [6.07, 6.45) is 3.54. The lowest BCUT2D eigenvalue weighted by Crippen LogP contribution is -2.32. The molecule has 1 unspecified atom stereocenters. The average molecular weight is 371 g/mol. The minimum Gasteiger partial charge on any atom is -0.481 e. The molecule has 0 spiro atoms. The van der Waals surface area contributed by atoms with Gasteiger partial charge in [0, 0.05) is 17.5 Å². The number of carboxylic acids is 1. The summed E-state index contributed by atoms with van der Waals surface area (Å²) >= 11 is 0. The number of fused-ring (bicyclic) bond motifs is 1. The van der Waals surface area contributed by atoms with Gasteiger partial charge in [0.15, 0.2) is 5.65 Å². The Balaban J connectivity index is 1.85. The summed E-state index contributed by atoms with van der Waals surface area (Å²) in [6, 6.07) is 21.5. The molecular formula is C23H21N3O2. The fourth-order valence-electron chi connectivity index (χ4n) is 3.65. The molecule has 140 valence electrons. The van der Waals surface area contributed by atoms with E-state index in [2.05, 4.69) is 10.1 Å². The molecule has 0 aliphatic rings. The lowest BCUT2D eigenvalue weighted by Gasteiger charge is -2.31. The fourth-order valence-corrected chi connectivity index (χ4v) is 3.65. The first-order valence-electron chi connectivity index (χ1n) is 9.16. The maximum absolute atomic E-state index is 12.0. The molecule has 0 fully saturated rings. The maximum atomic E-state index is 12.0. The van der Waals surface area contributed by atoms with Gasteiger partial charge in [-0.15, -0.1) is 0 Å². The number of para-hydroxylation sites is 1. The van der Waals surface area contributed by atoms with Crippen molar-refractivity contribution in [3.63, 3.8) is 0 Å². The third-order valence-corrected chi connectivity index (χ3v) is 5.17. The number of pyridine rings is 1. The van der Waals surface area contributed by atoms with Gasteiger partial charge in [0.05, 0.1) is 17.3 Å². The predicted octanol–water partition coefficient (Wildman–Crippen LogP) is 4.66. The molecule has 0 bridgehead atoms. The number of benzene rings is 2. The number of hydrogen-bond donors (Lipinski definition) is 1. The normalized spacial score (nSPS) is 12.8. The highest BCUT2D eigenvalue weighted by Crippen LogP contribution is 2.41. The SMILES string of the molecule is CC(C)(C(=O)O)C(c1ccccc1)c1cnc2c(cnn2-c2ccccc2)c1. The highest BCUT2D eigenvalue weighted by atomic mass is 16.4. The van der Waals surface area contributed by atoms with Crippen LogP contribution in [0, 0.1) is 5.41 Å². The molecule has 0 aliphatic carbocycles. The van der Waals surface area contributed by atoms with E-state index >= 15 is 0 Å². The van der Waals surface area contributed by atoms with E-state index in [9.17, 15) is 9.90 Å². The molecule has 0 amide bonds. The second-order valence-electron chi connectivity index (χ2n) is 7.44. The molecule has 2 aromatic heterocycles. The van der Waals surface area contributed by atoms with Crippen LogP contribution in [0.5, 0.6) is 0 Å². The van der Waals surface area contributed by atoms with Crippen molar-refractivity contribution in [1.82, 2.24) is 14.8 Å². The lowest BCUT2D eigenvalue weighted by molar-refractivity contribution is -0.147. The van der Waals surface area contributed by atoms with Crippen molar-refractivity contribution in [3.05, 3.63) is 90.3 Å². The van der Waals surface area contributed by atoms with Gasteiger partial charge in [0.25, 0.3) is 0 Å². The molecule has 1 atom stereocenters. The summed E-state index contributed by atoms with van der Waals surface area (Å²) in [5, 5.41) is 15.2. The van der Waals surface area contributed by atoms with Crippen LogP contribution in [0.3, 0.4) is 0 Å². The smallest absolute Gasteiger partial charge is 0.310 e. The van der Waals surface area contributed by atoms with Gasteiger partial charge in [-0.2, -0.15) is 5.10 Å². The van der Waals surface area contributed by atoms with Gasteiger partial charge in [-0.05, 0) is 43.2 Å². The van der Waals surface area contributed by atoms with Crippen molar-refractivity contribution in [3.8, 4) is 5.69 Å². The molecule has 0 radical (unpaired) electrons. The van der Waals surface area contributed by atoms with Crippen molar-refractivity contribution < 1.29 is 9.90 Å². The molecular weight excluding hydrogens is 350 g/mol. The number of nitrogens with zero attached hydrogens (tertiary/aromatic N) is 3. The highest BCUT2D eigenvalue weighted by Gasteiger charge is 2.39. The van der Waals surface area contributed by atoms with Gasteiger partial charge in [-0.1, -0.05) is 48.5 Å². The number of hydrogen-bond acceptors (Lipinski definition) is 3. The van der Waals surface area contributed by atoms with Gasteiger partial charge in [0.1, 0.15) is 0 Å². The quantitative estimate of drug-likeness (QED) is 0.554. The fraction of sp³-hybridized carbons (Fsp3) is 0.174. The highest BCUT2D eigenvalue weighted by molar-refractivity contribution is 5.79. The topological polar surface area (TPSA) is 68.0 Å². The number of carboxylic acid groups (broad SMARTS) is 1. The Bertz CT molecular complexity index is 1120. The second kappa shape index (κ2) is 6.93. The summed E-state index contributed by atoms with van der Waals surface area (Å²) in [5.41, 5.74) is 2.50. The van der Waals surface area contributed by atoms with E-state index in [1.807, 2.05) is 66.7 Å². The molecule has 0 saturated carbocycles.